The van der Waals surface area contributed by atoms with Crippen LogP contribution in [0.25, 0.3) is 5.57 Å². The standard InChI is InChI=1S/C25H22N2O3/c1-15-6-5-7-16(2)22(15)23-20(28)11-25(3,4)12-21(23)30-24(29)19-9-8-17(13-26)10-18(19)14-27/h5-10H,11-12H2,1-4H3. The first-order chi connectivity index (χ1) is 14.2. The van der Waals surface area contributed by atoms with Gasteiger partial charge in [0.05, 0.1) is 28.3 Å². The van der Waals surface area contributed by atoms with E-state index in [0.717, 1.165) is 16.7 Å². The maximum Gasteiger partial charge on any atom is 0.344 e. The third-order valence-corrected chi connectivity index (χ3v) is 5.27. The van der Waals surface area contributed by atoms with Gasteiger partial charge in [0.15, 0.2) is 5.78 Å². The lowest BCUT2D eigenvalue weighted by atomic mass is 9.74. The first-order valence-electron chi connectivity index (χ1n) is 9.66. The molecule has 0 saturated carbocycles. The summed E-state index contributed by atoms with van der Waals surface area (Å²) in [6, 6.07) is 13.9. The number of hydrogen-bond acceptors (Lipinski definition) is 5. The van der Waals surface area contributed by atoms with E-state index in [0.29, 0.717) is 24.2 Å². The number of carbonyl (C=O) groups excluding carboxylic acids is 2. The second-order valence-electron chi connectivity index (χ2n) is 8.38. The van der Waals surface area contributed by atoms with Gasteiger partial charge in [-0.2, -0.15) is 10.5 Å². The Labute approximate surface area is 176 Å². The molecular formula is C25H22N2O3. The SMILES string of the molecule is Cc1cccc(C)c1C1=C(OC(=O)c2ccc(C#N)cc2C#N)CC(C)(C)CC1=O. The number of esters is 1. The fourth-order valence-corrected chi connectivity index (χ4v) is 3.89. The monoisotopic (exact) mass is 398 g/mol. The van der Waals surface area contributed by atoms with Crippen molar-refractivity contribution in [3.63, 3.8) is 0 Å². The minimum atomic E-state index is -0.708. The number of carbonyl (C=O) groups is 2. The molecule has 3 rings (SSSR count). The summed E-state index contributed by atoms with van der Waals surface area (Å²) in [5.74, 6) is -0.445. The van der Waals surface area contributed by atoms with E-state index in [1.165, 1.54) is 18.2 Å². The largest absolute Gasteiger partial charge is 0.427 e. The van der Waals surface area contributed by atoms with E-state index in [9.17, 15) is 14.9 Å². The molecule has 0 N–H and O–H groups in total. The summed E-state index contributed by atoms with van der Waals surface area (Å²) in [4.78, 5) is 26.1. The normalized spacial score (nSPS) is 15.3. The summed E-state index contributed by atoms with van der Waals surface area (Å²) in [7, 11) is 0. The Balaban J connectivity index is 2.13. The molecule has 0 fully saturated rings. The molecule has 150 valence electrons. The van der Waals surface area contributed by atoms with Gasteiger partial charge in [-0.15, -0.1) is 0 Å². The second-order valence-corrected chi connectivity index (χ2v) is 8.38. The molecule has 0 aromatic heterocycles. The molecule has 5 nitrogen and oxygen atoms in total. The van der Waals surface area contributed by atoms with Gasteiger partial charge in [-0.25, -0.2) is 4.79 Å². The number of allylic oxidation sites excluding steroid dienone is 2. The summed E-state index contributed by atoms with van der Waals surface area (Å²) < 4.78 is 5.76. The zero-order valence-electron chi connectivity index (χ0n) is 17.5. The van der Waals surface area contributed by atoms with Gasteiger partial charge in [0.1, 0.15) is 11.8 Å². The number of aryl methyl sites for hydroxylation is 2. The highest BCUT2D eigenvalue weighted by atomic mass is 16.5. The summed E-state index contributed by atoms with van der Waals surface area (Å²) in [5, 5.41) is 18.4. The number of benzene rings is 2. The second kappa shape index (κ2) is 7.97. The Morgan fingerprint density at radius 2 is 1.70 bits per heavy atom. The van der Waals surface area contributed by atoms with E-state index >= 15 is 0 Å². The molecule has 0 saturated heterocycles. The Morgan fingerprint density at radius 1 is 1.03 bits per heavy atom. The van der Waals surface area contributed by atoms with Crippen LogP contribution in [-0.4, -0.2) is 11.8 Å². The van der Waals surface area contributed by atoms with Crippen LogP contribution >= 0.6 is 0 Å². The quantitative estimate of drug-likeness (QED) is 0.678. The molecule has 2 aromatic carbocycles. The van der Waals surface area contributed by atoms with Crippen LogP contribution < -0.4 is 0 Å². The van der Waals surface area contributed by atoms with Crippen molar-refractivity contribution in [1.29, 1.82) is 10.5 Å². The molecule has 30 heavy (non-hydrogen) atoms. The lowest BCUT2D eigenvalue weighted by molar-refractivity contribution is -0.116. The van der Waals surface area contributed by atoms with Crippen molar-refractivity contribution in [2.75, 3.05) is 0 Å². The molecule has 0 aliphatic heterocycles. The summed E-state index contributed by atoms with van der Waals surface area (Å²) in [5.41, 5.74) is 3.16. The van der Waals surface area contributed by atoms with E-state index in [1.807, 2.05) is 58.0 Å². The van der Waals surface area contributed by atoms with Crippen LogP contribution in [0.1, 0.15) is 64.9 Å². The van der Waals surface area contributed by atoms with Crippen molar-refractivity contribution < 1.29 is 14.3 Å². The number of rotatable bonds is 3. The van der Waals surface area contributed by atoms with Crippen LogP contribution in [0.15, 0.2) is 42.2 Å². The Hall–Kier alpha value is -3.70. The van der Waals surface area contributed by atoms with Gasteiger partial charge in [-0.05, 0) is 54.2 Å². The highest BCUT2D eigenvalue weighted by molar-refractivity contribution is 6.23. The number of Topliss-reactive ketones (excluding diaryl/α,β-unsaturated/α-hetero) is 1. The van der Waals surface area contributed by atoms with Crippen LogP contribution in [0.4, 0.5) is 0 Å². The van der Waals surface area contributed by atoms with Crippen LogP contribution in [-0.2, 0) is 9.53 Å². The third kappa shape index (κ3) is 4.02. The van der Waals surface area contributed by atoms with Crippen molar-refractivity contribution in [3.8, 4) is 12.1 Å². The molecule has 0 amide bonds. The van der Waals surface area contributed by atoms with Crippen LogP contribution in [0.3, 0.4) is 0 Å². The van der Waals surface area contributed by atoms with Crippen molar-refractivity contribution in [2.45, 2.75) is 40.5 Å². The van der Waals surface area contributed by atoms with E-state index < -0.39 is 5.97 Å². The molecule has 1 aliphatic rings. The lowest BCUT2D eigenvalue weighted by Crippen LogP contribution is -2.27. The van der Waals surface area contributed by atoms with E-state index in [1.54, 1.807) is 0 Å². The van der Waals surface area contributed by atoms with Crippen LogP contribution in [0.5, 0.6) is 0 Å². The Kier molecular flexibility index (Phi) is 5.58. The van der Waals surface area contributed by atoms with Gasteiger partial charge in [0.25, 0.3) is 0 Å². The highest BCUT2D eigenvalue weighted by Crippen LogP contribution is 2.42. The maximum atomic E-state index is 13.1. The molecule has 1 aliphatic carbocycles. The Bertz CT molecular complexity index is 1150. The van der Waals surface area contributed by atoms with Crippen molar-refractivity contribution in [3.05, 3.63) is 75.5 Å². The molecule has 0 unspecified atom stereocenters. The molecule has 0 heterocycles. The lowest BCUT2D eigenvalue weighted by Gasteiger charge is -2.32. The van der Waals surface area contributed by atoms with Crippen LogP contribution in [0, 0.1) is 41.9 Å². The van der Waals surface area contributed by atoms with E-state index in [2.05, 4.69) is 0 Å². The smallest absolute Gasteiger partial charge is 0.344 e. The minimum Gasteiger partial charge on any atom is -0.427 e. The summed E-state index contributed by atoms with van der Waals surface area (Å²) >= 11 is 0. The maximum absolute atomic E-state index is 13.1. The van der Waals surface area contributed by atoms with E-state index in [4.69, 9.17) is 10.00 Å². The van der Waals surface area contributed by atoms with Crippen LogP contribution in [0.2, 0.25) is 0 Å². The van der Waals surface area contributed by atoms with Gasteiger partial charge < -0.3 is 4.74 Å². The van der Waals surface area contributed by atoms with Gasteiger partial charge in [0.2, 0.25) is 0 Å². The topological polar surface area (TPSA) is 90.9 Å². The first kappa shape index (κ1) is 21.0. The first-order valence-corrected chi connectivity index (χ1v) is 9.66. The van der Waals surface area contributed by atoms with E-state index in [-0.39, 0.29) is 27.9 Å². The van der Waals surface area contributed by atoms with Crippen molar-refractivity contribution in [1.82, 2.24) is 0 Å². The number of ketones is 1. The fraction of sp³-hybridized carbons (Fsp3) is 0.280. The molecular weight excluding hydrogens is 376 g/mol. The molecule has 5 heteroatoms. The number of ether oxygens (including phenoxy) is 1. The molecule has 0 atom stereocenters. The zero-order valence-corrected chi connectivity index (χ0v) is 17.5. The fourth-order valence-electron chi connectivity index (χ4n) is 3.89. The van der Waals surface area contributed by atoms with Crippen molar-refractivity contribution >= 4 is 17.3 Å². The average Bonchev–Trinajstić information content (AvgIpc) is 2.68. The minimum absolute atomic E-state index is 0.0632. The molecule has 0 spiro atoms. The number of nitriles is 2. The van der Waals surface area contributed by atoms with Crippen molar-refractivity contribution in [2.24, 2.45) is 5.41 Å². The Morgan fingerprint density at radius 3 is 2.30 bits per heavy atom. The zero-order chi connectivity index (χ0) is 22.1. The number of nitrogens with zero attached hydrogens (tertiary/aromatic N) is 2. The van der Waals surface area contributed by atoms with Gasteiger partial charge >= 0.3 is 5.97 Å². The highest BCUT2D eigenvalue weighted by Gasteiger charge is 2.36. The molecule has 0 radical (unpaired) electrons. The predicted molar refractivity (Wildman–Crippen MR) is 112 cm³/mol. The van der Waals surface area contributed by atoms with Gasteiger partial charge in [-0.1, -0.05) is 32.0 Å². The number of hydrogen-bond donors (Lipinski definition) is 0. The summed E-state index contributed by atoms with van der Waals surface area (Å²) in [6.45, 7) is 7.78. The van der Waals surface area contributed by atoms with Gasteiger partial charge in [0, 0.05) is 12.8 Å². The third-order valence-electron chi connectivity index (χ3n) is 5.27. The molecule has 0 bridgehead atoms. The predicted octanol–water partition coefficient (Wildman–Crippen LogP) is 5.00. The summed E-state index contributed by atoms with van der Waals surface area (Å²) in [6.07, 6.45) is 0.781. The molecule has 2 aromatic rings. The van der Waals surface area contributed by atoms with Gasteiger partial charge in [-0.3, -0.25) is 4.79 Å². The average molecular weight is 398 g/mol.